The predicted molar refractivity (Wildman–Crippen MR) is 60.4 cm³/mol. The van der Waals surface area contributed by atoms with Crippen LogP contribution in [0.4, 0.5) is 0 Å². The number of esters is 1. The zero-order valence-corrected chi connectivity index (χ0v) is 9.22. The predicted octanol–water partition coefficient (Wildman–Crippen LogP) is 1.54. The van der Waals surface area contributed by atoms with E-state index in [0.717, 1.165) is 11.1 Å². The van der Waals surface area contributed by atoms with Crippen molar-refractivity contribution in [2.75, 3.05) is 6.61 Å². The third kappa shape index (κ3) is 4.23. The molecule has 0 saturated carbocycles. The van der Waals surface area contributed by atoms with Crippen molar-refractivity contribution < 1.29 is 14.6 Å². The Hall–Kier alpha value is -1.68. The quantitative estimate of drug-likeness (QED) is 0.766. The highest BCUT2D eigenvalue weighted by Gasteiger charge is 1.97. The van der Waals surface area contributed by atoms with E-state index in [2.05, 4.69) is 4.98 Å². The summed E-state index contributed by atoms with van der Waals surface area (Å²) in [6, 6.07) is 1.81. The average molecular weight is 221 g/mol. The summed E-state index contributed by atoms with van der Waals surface area (Å²) in [6.07, 6.45) is 7.01. The van der Waals surface area contributed by atoms with Crippen molar-refractivity contribution in [1.82, 2.24) is 4.98 Å². The maximum Gasteiger partial charge on any atom is 0.309 e. The Morgan fingerprint density at radius 2 is 2.38 bits per heavy atom. The number of carbonyl (C=O) groups is 1. The summed E-state index contributed by atoms with van der Waals surface area (Å²) >= 11 is 0. The number of aromatic nitrogens is 1. The summed E-state index contributed by atoms with van der Waals surface area (Å²) in [5, 5.41) is 8.91. The van der Waals surface area contributed by atoms with Gasteiger partial charge in [0.25, 0.3) is 0 Å². The van der Waals surface area contributed by atoms with Crippen LogP contribution in [0.2, 0.25) is 0 Å². The Labute approximate surface area is 94.6 Å². The van der Waals surface area contributed by atoms with Gasteiger partial charge in [0.05, 0.1) is 19.6 Å². The molecule has 0 spiro atoms. The Balaban J connectivity index is 2.52. The SMILES string of the molecule is CCOC(=O)CC=Cc1cncc(CO)c1. The number of hydrogen-bond acceptors (Lipinski definition) is 4. The third-order valence-corrected chi connectivity index (χ3v) is 1.90. The Morgan fingerprint density at radius 3 is 3.06 bits per heavy atom. The van der Waals surface area contributed by atoms with Gasteiger partial charge in [-0.3, -0.25) is 9.78 Å². The van der Waals surface area contributed by atoms with E-state index in [0.29, 0.717) is 6.61 Å². The molecule has 86 valence electrons. The minimum Gasteiger partial charge on any atom is -0.466 e. The van der Waals surface area contributed by atoms with Crippen LogP contribution in [0.25, 0.3) is 6.08 Å². The zero-order chi connectivity index (χ0) is 11.8. The number of hydrogen-bond donors (Lipinski definition) is 1. The summed E-state index contributed by atoms with van der Waals surface area (Å²) < 4.78 is 4.78. The van der Waals surface area contributed by atoms with Crippen molar-refractivity contribution in [3.63, 3.8) is 0 Å². The first-order chi connectivity index (χ1) is 7.76. The molecule has 4 nitrogen and oxygen atoms in total. The second kappa shape index (κ2) is 6.74. The summed E-state index contributed by atoms with van der Waals surface area (Å²) in [5.41, 5.74) is 1.61. The fourth-order valence-corrected chi connectivity index (χ4v) is 1.20. The summed E-state index contributed by atoms with van der Waals surface area (Å²) in [7, 11) is 0. The fraction of sp³-hybridized carbons (Fsp3) is 0.333. The first-order valence-corrected chi connectivity index (χ1v) is 5.13. The minimum absolute atomic E-state index is 0.0352. The molecule has 0 aromatic carbocycles. The van der Waals surface area contributed by atoms with E-state index in [1.54, 1.807) is 31.5 Å². The first kappa shape index (κ1) is 12.4. The van der Waals surface area contributed by atoms with Crippen molar-refractivity contribution in [2.45, 2.75) is 20.0 Å². The molecule has 0 saturated heterocycles. The molecule has 0 atom stereocenters. The molecule has 1 rings (SSSR count). The Kier molecular flexibility index (Phi) is 5.22. The first-order valence-electron chi connectivity index (χ1n) is 5.13. The number of aliphatic hydroxyl groups is 1. The average Bonchev–Trinajstić information content (AvgIpc) is 2.30. The number of nitrogens with zero attached hydrogens (tertiary/aromatic N) is 1. The van der Waals surface area contributed by atoms with Gasteiger partial charge in [-0.05, 0) is 24.1 Å². The highest BCUT2D eigenvalue weighted by molar-refractivity contribution is 5.72. The Morgan fingerprint density at radius 1 is 1.56 bits per heavy atom. The monoisotopic (exact) mass is 221 g/mol. The molecular weight excluding hydrogens is 206 g/mol. The van der Waals surface area contributed by atoms with Crippen molar-refractivity contribution in [3.8, 4) is 0 Å². The number of carbonyl (C=O) groups excluding carboxylic acids is 1. The van der Waals surface area contributed by atoms with Crippen LogP contribution in [0.15, 0.2) is 24.5 Å². The fourth-order valence-electron chi connectivity index (χ4n) is 1.20. The van der Waals surface area contributed by atoms with Crippen molar-refractivity contribution in [1.29, 1.82) is 0 Å². The number of rotatable bonds is 5. The van der Waals surface area contributed by atoms with Gasteiger partial charge in [0.2, 0.25) is 0 Å². The standard InChI is InChI=1S/C12H15NO3/c1-2-16-12(15)5-3-4-10-6-11(9-14)8-13-7-10/h3-4,6-8,14H,2,5,9H2,1H3. The number of pyridine rings is 1. The lowest BCUT2D eigenvalue weighted by Gasteiger charge is -1.98. The van der Waals surface area contributed by atoms with Gasteiger partial charge in [-0.2, -0.15) is 0 Å². The van der Waals surface area contributed by atoms with Gasteiger partial charge in [0.15, 0.2) is 0 Å². The highest BCUT2D eigenvalue weighted by Crippen LogP contribution is 2.05. The number of ether oxygens (including phenoxy) is 1. The van der Waals surface area contributed by atoms with Crippen LogP contribution in [0.5, 0.6) is 0 Å². The molecule has 0 radical (unpaired) electrons. The largest absolute Gasteiger partial charge is 0.466 e. The Bertz CT molecular complexity index is 374. The molecular formula is C12H15NO3. The maximum atomic E-state index is 11.0. The summed E-state index contributed by atoms with van der Waals surface area (Å²) in [4.78, 5) is 15.0. The molecule has 0 unspecified atom stereocenters. The molecule has 0 aliphatic carbocycles. The van der Waals surface area contributed by atoms with Crippen LogP contribution in [-0.4, -0.2) is 22.7 Å². The lowest BCUT2D eigenvalue weighted by molar-refractivity contribution is -0.142. The van der Waals surface area contributed by atoms with Gasteiger partial charge in [-0.25, -0.2) is 0 Å². The molecule has 0 amide bonds. The van der Waals surface area contributed by atoms with E-state index in [1.807, 2.05) is 6.07 Å². The maximum absolute atomic E-state index is 11.0. The number of aliphatic hydroxyl groups excluding tert-OH is 1. The van der Waals surface area contributed by atoms with Crippen LogP contribution >= 0.6 is 0 Å². The van der Waals surface area contributed by atoms with Gasteiger partial charge >= 0.3 is 5.97 Å². The molecule has 0 bridgehead atoms. The highest BCUT2D eigenvalue weighted by atomic mass is 16.5. The molecule has 1 heterocycles. The smallest absolute Gasteiger partial charge is 0.309 e. The second-order valence-corrected chi connectivity index (χ2v) is 3.20. The lowest BCUT2D eigenvalue weighted by Crippen LogP contribution is -2.01. The molecule has 16 heavy (non-hydrogen) atoms. The third-order valence-electron chi connectivity index (χ3n) is 1.90. The van der Waals surface area contributed by atoms with E-state index in [9.17, 15) is 4.79 Å². The molecule has 1 aromatic rings. The van der Waals surface area contributed by atoms with E-state index >= 15 is 0 Å². The molecule has 0 fully saturated rings. The van der Waals surface area contributed by atoms with E-state index < -0.39 is 0 Å². The van der Waals surface area contributed by atoms with Crippen molar-refractivity contribution in [2.24, 2.45) is 0 Å². The van der Waals surface area contributed by atoms with E-state index in [1.165, 1.54) is 0 Å². The van der Waals surface area contributed by atoms with Gasteiger partial charge in [0, 0.05) is 12.4 Å². The summed E-state index contributed by atoms with van der Waals surface area (Å²) in [5.74, 6) is -0.245. The van der Waals surface area contributed by atoms with Gasteiger partial charge in [-0.1, -0.05) is 12.2 Å². The summed E-state index contributed by atoms with van der Waals surface area (Å²) in [6.45, 7) is 2.14. The molecule has 0 aliphatic rings. The van der Waals surface area contributed by atoms with Gasteiger partial charge in [0.1, 0.15) is 0 Å². The zero-order valence-electron chi connectivity index (χ0n) is 9.22. The van der Waals surface area contributed by atoms with Crippen molar-refractivity contribution in [3.05, 3.63) is 35.7 Å². The lowest BCUT2D eigenvalue weighted by atomic mass is 10.2. The normalized spacial score (nSPS) is 10.6. The van der Waals surface area contributed by atoms with Crippen LogP contribution in [-0.2, 0) is 16.1 Å². The molecule has 4 heteroatoms. The van der Waals surface area contributed by atoms with Gasteiger partial charge < -0.3 is 9.84 Å². The van der Waals surface area contributed by atoms with Gasteiger partial charge in [-0.15, -0.1) is 0 Å². The molecule has 1 N–H and O–H groups in total. The van der Waals surface area contributed by atoms with Crippen LogP contribution in [0, 0.1) is 0 Å². The van der Waals surface area contributed by atoms with Crippen LogP contribution < -0.4 is 0 Å². The van der Waals surface area contributed by atoms with Crippen LogP contribution in [0.3, 0.4) is 0 Å². The minimum atomic E-state index is -0.245. The van der Waals surface area contributed by atoms with Crippen LogP contribution in [0.1, 0.15) is 24.5 Å². The van der Waals surface area contributed by atoms with E-state index in [4.69, 9.17) is 9.84 Å². The molecule has 0 aliphatic heterocycles. The van der Waals surface area contributed by atoms with E-state index in [-0.39, 0.29) is 19.0 Å². The topological polar surface area (TPSA) is 59.4 Å². The second-order valence-electron chi connectivity index (χ2n) is 3.20. The molecule has 1 aromatic heterocycles. The van der Waals surface area contributed by atoms with Crippen molar-refractivity contribution >= 4 is 12.0 Å².